The SMILES string of the molecule is Cc1[nH]nc(C(=O)NCC(C)(C)c2ccc(Cl)c(Cl)c2)c1[N+](=O)[O-]. The van der Waals surface area contributed by atoms with E-state index in [0.29, 0.717) is 10.0 Å². The number of H-pyrrole nitrogens is 1. The van der Waals surface area contributed by atoms with Gasteiger partial charge < -0.3 is 5.32 Å². The summed E-state index contributed by atoms with van der Waals surface area (Å²) in [5.74, 6) is -0.612. The molecule has 0 saturated heterocycles. The molecule has 2 aromatic rings. The number of rotatable bonds is 5. The number of aryl methyl sites for hydroxylation is 1. The lowest BCUT2D eigenvalue weighted by Crippen LogP contribution is -2.37. The second kappa shape index (κ2) is 6.78. The lowest BCUT2D eigenvalue weighted by atomic mass is 9.84. The van der Waals surface area contributed by atoms with Gasteiger partial charge in [0.1, 0.15) is 5.69 Å². The number of amides is 1. The number of nitrogens with one attached hydrogen (secondary N) is 2. The maximum absolute atomic E-state index is 12.2. The molecule has 0 spiro atoms. The van der Waals surface area contributed by atoms with Crippen LogP contribution in [0.5, 0.6) is 0 Å². The van der Waals surface area contributed by atoms with Crippen LogP contribution in [-0.2, 0) is 5.41 Å². The zero-order chi connectivity index (χ0) is 18.1. The average molecular weight is 371 g/mol. The molecule has 9 heteroatoms. The molecule has 1 amide bonds. The molecule has 0 saturated carbocycles. The predicted octanol–water partition coefficient (Wildman–Crippen LogP) is 3.64. The molecule has 128 valence electrons. The number of hydrogen-bond acceptors (Lipinski definition) is 4. The molecule has 0 unspecified atom stereocenters. The third kappa shape index (κ3) is 3.68. The van der Waals surface area contributed by atoms with Gasteiger partial charge in [0.05, 0.1) is 15.0 Å². The fraction of sp³-hybridized carbons (Fsp3) is 0.333. The Morgan fingerprint density at radius 2 is 2.04 bits per heavy atom. The molecule has 0 fully saturated rings. The average Bonchev–Trinajstić information content (AvgIpc) is 2.89. The highest BCUT2D eigenvalue weighted by atomic mass is 35.5. The van der Waals surface area contributed by atoms with Crippen LogP contribution in [0.2, 0.25) is 10.0 Å². The Morgan fingerprint density at radius 3 is 2.62 bits per heavy atom. The number of nitrogens with zero attached hydrogens (tertiary/aromatic N) is 2. The van der Waals surface area contributed by atoms with Gasteiger partial charge in [-0.15, -0.1) is 0 Å². The second-order valence-corrected chi connectivity index (χ2v) is 6.81. The zero-order valence-corrected chi connectivity index (χ0v) is 14.8. The first-order valence-corrected chi connectivity index (χ1v) is 7.82. The second-order valence-electron chi connectivity index (χ2n) is 6.00. The van der Waals surface area contributed by atoms with Crippen molar-refractivity contribution < 1.29 is 9.72 Å². The van der Waals surface area contributed by atoms with E-state index in [2.05, 4.69) is 15.5 Å². The van der Waals surface area contributed by atoms with Crippen LogP contribution in [0.15, 0.2) is 18.2 Å². The van der Waals surface area contributed by atoms with Crippen molar-refractivity contribution in [3.8, 4) is 0 Å². The molecule has 0 aliphatic heterocycles. The molecule has 2 rings (SSSR count). The van der Waals surface area contributed by atoms with Crippen LogP contribution in [-0.4, -0.2) is 27.6 Å². The van der Waals surface area contributed by atoms with Crippen molar-refractivity contribution in [3.63, 3.8) is 0 Å². The lowest BCUT2D eigenvalue weighted by Gasteiger charge is -2.25. The van der Waals surface area contributed by atoms with Crippen LogP contribution in [0.3, 0.4) is 0 Å². The normalized spacial score (nSPS) is 11.4. The van der Waals surface area contributed by atoms with Crippen molar-refractivity contribution in [2.24, 2.45) is 0 Å². The molecule has 0 bridgehead atoms. The summed E-state index contributed by atoms with van der Waals surface area (Å²) < 4.78 is 0. The molecule has 24 heavy (non-hydrogen) atoms. The summed E-state index contributed by atoms with van der Waals surface area (Å²) in [6, 6.07) is 5.24. The highest BCUT2D eigenvalue weighted by Gasteiger charge is 2.29. The number of aromatic nitrogens is 2. The summed E-state index contributed by atoms with van der Waals surface area (Å²) in [5.41, 5.74) is 0.102. The van der Waals surface area contributed by atoms with Gasteiger partial charge in [0, 0.05) is 12.0 Å². The number of hydrogen-bond donors (Lipinski definition) is 2. The van der Waals surface area contributed by atoms with E-state index in [-0.39, 0.29) is 23.6 Å². The maximum Gasteiger partial charge on any atom is 0.322 e. The van der Waals surface area contributed by atoms with Crippen molar-refractivity contribution >= 4 is 34.8 Å². The van der Waals surface area contributed by atoms with E-state index < -0.39 is 16.2 Å². The number of carbonyl (C=O) groups excluding carboxylic acids is 1. The third-order valence-electron chi connectivity index (χ3n) is 3.70. The van der Waals surface area contributed by atoms with Crippen LogP contribution in [0.25, 0.3) is 0 Å². The minimum Gasteiger partial charge on any atom is -0.350 e. The fourth-order valence-electron chi connectivity index (χ4n) is 2.21. The van der Waals surface area contributed by atoms with Gasteiger partial charge in [-0.05, 0) is 24.6 Å². The van der Waals surface area contributed by atoms with Crippen molar-refractivity contribution in [1.82, 2.24) is 15.5 Å². The molecule has 2 N–H and O–H groups in total. The van der Waals surface area contributed by atoms with Gasteiger partial charge in [-0.1, -0.05) is 43.1 Å². The number of carbonyl (C=O) groups is 1. The van der Waals surface area contributed by atoms with Crippen LogP contribution >= 0.6 is 23.2 Å². The molecule has 0 atom stereocenters. The molecule has 0 aliphatic carbocycles. The van der Waals surface area contributed by atoms with Crippen LogP contribution in [0.1, 0.15) is 35.6 Å². The van der Waals surface area contributed by atoms with Crippen molar-refractivity contribution in [2.75, 3.05) is 6.54 Å². The lowest BCUT2D eigenvalue weighted by molar-refractivity contribution is -0.385. The number of halogens is 2. The summed E-state index contributed by atoms with van der Waals surface area (Å²) in [7, 11) is 0. The smallest absolute Gasteiger partial charge is 0.322 e. The molecule has 1 aromatic carbocycles. The van der Waals surface area contributed by atoms with Gasteiger partial charge in [-0.2, -0.15) is 5.10 Å². The molecule has 0 aliphatic rings. The van der Waals surface area contributed by atoms with E-state index in [9.17, 15) is 14.9 Å². The summed E-state index contributed by atoms with van der Waals surface area (Å²) in [4.78, 5) is 22.6. The maximum atomic E-state index is 12.2. The number of aromatic amines is 1. The van der Waals surface area contributed by atoms with Crippen molar-refractivity contribution in [2.45, 2.75) is 26.2 Å². The highest BCUT2D eigenvalue weighted by molar-refractivity contribution is 6.42. The van der Waals surface area contributed by atoms with E-state index in [0.717, 1.165) is 5.56 Å². The van der Waals surface area contributed by atoms with Gasteiger partial charge in [-0.25, -0.2) is 0 Å². The minimum absolute atomic E-state index is 0.230. The summed E-state index contributed by atoms with van der Waals surface area (Å²) in [6.07, 6.45) is 0. The summed E-state index contributed by atoms with van der Waals surface area (Å²) >= 11 is 11.9. The molecule has 7 nitrogen and oxygen atoms in total. The van der Waals surface area contributed by atoms with E-state index in [1.165, 1.54) is 6.92 Å². The Kier molecular flexibility index (Phi) is 5.15. The summed E-state index contributed by atoms with van der Waals surface area (Å²) in [5, 5.41) is 20.8. The quantitative estimate of drug-likeness (QED) is 0.619. The van der Waals surface area contributed by atoms with Gasteiger partial charge >= 0.3 is 5.69 Å². The first-order chi connectivity index (χ1) is 11.1. The van der Waals surface area contributed by atoms with Gasteiger partial charge in [0.15, 0.2) is 0 Å². The van der Waals surface area contributed by atoms with E-state index >= 15 is 0 Å². The molecular formula is C15H16Cl2N4O3. The first-order valence-electron chi connectivity index (χ1n) is 7.06. The highest BCUT2D eigenvalue weighted by Crippen LogP contribution is 2.29. The fourth-order valence-corrected chi connectivity index (χ4v) is 2.51. The van der Waals surface area contributed by atoms with E-state index in [1.807, 2.05) is 19.9 Å². The molecule has 1 heterocycles. The Bertz CT molecular complexity index is 802. The Hall–Kier alpha value is -2.12. The Morgan fingerprint density at radius 1 is 1.38 bits per heavy atom. The van der Waals surface area contributed by atoms with Crippen LogP contribution < -0.4 is 5.32 Å². The minimum atomic E-state index is -0.627. The van der Waals surface area contributed by atoms with Crippen molar-refractivity contribution in [1.29, 1.82) is 0 Å². The van der Waals surface area contributed by atoms with Gasteiger partial charge in [0.25, 0.3) is 5.91 Å². The molecule has 0 radical (unpaired) electrons. The largest absolute Gasteiger partial charge is 0.350 e. The van der Waals surface area contributed by atoms with Gasteiger partial charge in [0.2, 0.25) is 5.69 Å². The topological polar surface area (TPSA) is 101 Å². The van der Waals surface area contributed by atoms with E-state index in [1.54, 1.807) is 12.1 Å². The Labute approximate surface area is 148 Å². The third-order valence-corrected chi connectivity index (χ3v) is 4.44. The van der Waals surface area contributed by atoms with Crippen molar-refractivity contribution in [3.05, 3.63) is 55.3 Å². The molecular weight excluding hydrogens is 355 g/mol. The summed E-state index contributed by atoms with van der Waals surface area (Å²) in [6.45, 7) is 5.56. The monoisotopic (exact) mass is 370 g/mol. The van der Waals surface area contributed by atoms with Crippen LogP contribution in [0, 0.1) is 17.0 Å². The first kappa shape index (κ1) is 18.2. The van der Waals surface area contributed by atoms with Gasteiger partial charge in [-0.3, -0.25) is 20.0 Å². The number of benzene rings is 1. The standard InChI is InChI=1S/C15H16Cl2N4O3/c1-8-13(21(23)24)12(20-19-8)14(22)18-7-15(2,3)9-4-5-10(16)11(17)6-9/h4-6H,7H2,1-3H3,(H,18,22)(H,19,20). The van der Waals surface area contributed by atoms with Crippen LogP contribution in [0.4, 0.5) is 5.69 Å². The zero-order valence-electron chi connectivity index (χ0n) is 13.3. The Balaban J connectivity index is 2.16. The molecule has 1 aromatic heterocycles. The predicted molar refractivity (Wildman–Crippen MR) is 91.8 cm³/mol. The number of nitro groups is 1. The van der Waals surface area contributed by atoms with E-state index in [4.69, 9.17) is 23.2 Å².